The van der Waals surface area contributed by atoms with Gasteiger partial charge < -0.3 is 24.3 Å². The van der Waals surface area contributed by atoms with Gasteiger partial charge in [0, 0.05) is 12.3 Å². The Labute approximate surface area is 219 Å². The van der Waals surface area contributed by atoms with E-state index in [2.05, 4.69) is 15.3 Å². The Morgan fingerprint density at radius 1 is 0.974 bits per heavy atom. The predicted octanol–water partition coefficient (Wildman–Crippen LogP) is 4.06. The summed E-state index contributed by atoms with van der Waals surface area (Å²) in [5.74, 6) is -2.93. The van der Waals surface area contributed by atoms with E-state index in [4.69, 9.17) is 18.9 Å². The molecule has 1 aromatic heterocycles. The molecule has 1 N–H and O–H groups in total. The van der Waals surface area contributed by atoms with Crippen LogP contribution in [0.5, 0.6) is 17.2 Å². The van der Waals surface area contributed by atoms with E-state index >= 15 is 0 Å². The van der Waals surface area contributed by atoms with Gasteiger partial charge in [0.05, 0.1) is 38.3 Å². The highest BCUT2D eigenvalue weighted by Crippen LogP contribution is 2.42. The number of ketones is 1. The second-order valence-electron chi connectivity index (χ2n) is 9.30. The first-order valence-electron chi connectivity index (χ1n) is 11.7. The van der Waals surface area contributed by atoms with Gasteiger partial charge in [0.25, 0.3) is 5.91 Å². The Hall–Kier alpha value is -4.67. The van der Waals surface area contributed by atoms with Crippen molar-refractivity contribution in [3.05, 3.63) is 54.2 Å². The standard InChI is InChI=1S/C27H28N4O7/c1-27(2,3)38-25(34)21-22(32)16-14-28-26(29-17-9-7-8-10-19(17)36-5)30-23(16)31(24(21)33)18-12-11-15(35-4)13-20(18)37-6/h7-14,21H,1-6H3,(H,28,29,30). The van der Waals surface area contributed by atoms with Gasteiger partial charge in [-0.05, 0) is 45.0 Å². The highest BCUT2D eigenvalue weighted by Gasteiger charge is 2.48. The van der Waals surface area contributed by atoms with E-state index < -0.39 is 29.2 Å². The topological polar surface area (TPSA) is 129 Å². The van der Waals surface area contributed by atoms with E-state index in [1.807, 2.05) is 6.07 Å². The van der Waals surface area contributed by atoms with E-state index in [-0.39, 0.29) is 28.8 Å². The van der Waals surface area contributed by atoms with Crippen LogP contribution < -0.4 is 24.4 Å². The van der Waals surface area contributed by atoms with Gasteiger partial charge in [-0.25, -0.2) is 4.98 Å². The molecule has 2 aromatic carbocycles. The summed E-state index contributed by atoms with van der Waals surface area (Å²) in [4.78, 5) is 50.2. The minimum absolute atomic E-state index is 0.0179. The molecule has 1 aliphatic rings. The van der Waals surface area contributed by atoms with Crippen LogP contribution in [0.15, 0.2) is 48.7 Å². The molecule has 1 unspecified atom stereocenters. The highest BCUT2D eigenvalue weighted by molar-refractivity contribution is 6.31. The number of anilines is 4. The van der Waals surface area contributed by atoms with Crippen molar-refractivity contribution in [2.45, 2.75) is 26.4 Å². The van der Waals surface area contributed by atoms with Crippen LogP contribution in [-0.4, -0.2) is 54.6 Å². The number of ether oxygens (including phenoxy) is 4. The van der Waals surface area contributed by atoms with E-state index in [0.29, 0.717) is 17.2 Å². The summed E-state index contributed by atoms with van der Waals surface area (Å²) in [6.07, 6.45) is 1.27. The third-order valence-electron chi connectivity index (χ3n) is 5.60. The summed E-state index contributed by atoms with van der Waals surface area (Å²) in [6, 6.07) is 11.9. The van der Waals surface area contributed by atoms with E-state index in [0.717, 1.165) is 0 Å². The first-order valence-corrected chi connectivity index (χ1v) is 11.7. The molecule has 3 aromatic rings. The van der Waals surface area contributed by atoms with Crippen molar-refractivity contribution in [1.29, 1.82) is 0 Å². The number of carbonyl (C=O) groups excluding carboxylic acids is 3. The third-order valence-corrected chi connectivity index (χ3v) is 5.60. The molecule has 0 radical (unpaired) electrons. The number of rotatable bonds is 7. The fourth-order valence-electron chi connectivity index (χ4n) is 3.92. The molecule has 1 atom stereocenters. The van der Waals surface area contributed by atoms with Crippen molar-refractivity contribution in [1.82, 2.24) is 9.97 Å². The number of fused-ring (bicyclic) bond motifs is 1. The monoisotopic (exact) mass is 520 g/mol. The Kier molecular flexibility index (Phi) is 7.20. The zero-order chi connectivity index (χ0) is 27.6. The molecule has 0 saturated heterocycles. The largest absolute Gasteiger partial charge is 0.497 e. The lowest BCUT2D eigenvalue weighted by Crippen LogP contribution is -2.48. The van der Waals surface area contributed by atoms with Crippen LogP contribution in [0.25, 0.3) is 0 Å². The van der Waals surface area contributed by atoms with E-state index in [1.165, 1.54) is 32.4 Å². The van der Waals surface area contributed by atoms with Crippen LogP contribution in [-0.2, 0) is 14.3 Å². The minimum Gasteiger partial charge on any atom is -0.497 e. The number of nitrogens with zero attached hydrogens (tertiary/aromatic N) is 3. The van der Waals surface area contributed by atoms with Crippen LogP contribution >= 0.6 is 0 Å². The van der Waals surface area contributed by atoms with Gasteiger partial charge in [-0.2, -0.15) is 4.98 Å². The lowest BCUT2D eigenvalue weighted by atomic mass is 9.92. The molecule has 0 saturated carbocycles. The van der Waals surface area contributed by atoms with E-state index in [1.54, 1.807) is 57.2 Å². The van der Waals surface area contributed by atoms with Crippen molar-refractivity contribution >= 4 is 40.8 Å². The average Bonchev–Trinajstić information content (AvgIpc) is 2.88. The van der Waals surface area contributed by atoms with Gasteiger partial charge in [0.15, 0.2) is 17.5 Å². The SMILES string of the molecule is COc1ccc(N2C(=O)C(C(=O)OC(C)(C)C)C(=O)c3cnc(Nc4ccccc4OC)nc32)c(OC)c1. The van der Waals surface area contributed by atoms with Gasteiger partial charge in [-0.1, -0.05) is 12.1 Å². The first kappa shape index (κ1) is 26.4. The van der Waals surface area contributed by atoms with Gasteiger partial charge in [0.1, 0.15) is 22.8 Å². The number of benzene rings is 2. The predicted molar refractivity (Wildman–Crippen MR) is 139 cm³/mol. The fraction of sp³-hybridized carbons (Fsp3) is 0.296. The molecule has 0 spiro atoms. The second-order valence-corrected chi connectivity index (χ2v) is 9.30. The van der Waals surface area contributed by atoms with Gasteiger partial charge in [-0.3, -0.25) is 19.3 Å². The number of carbonyl (C=O) groups is 3. The number of hydrogen-bond acceptors (Lipinski definition) is 10. The van der Waals surface area contributed by atoms with Crippen LogP contribution in [0.1, 0.15) is 31.1 Å². The fourth-order valence-corrected chi connectivity index (χ4v) is 3.92. The van der Waals surface area contributed by atoms with Crippen molar-refractivity contribution < 1.29 is 33.3 Å². The summed E-state index contributed by atoms with van der Waals surface area (Å²) < 4.78 is 21.6. The molecule has 0 aliphatic carbocycles. The number of methoxy groups -OCH3 is 3. The number of nitrogens with one attached hydrogen (secondary N) is 1. The zero-order valence-corrected chi connectivity index (χ0v) is 21.9. The highest BCUT2D eigenvalue weighted by atomic mass is 16.6. The summed E-state index contributed by atoms with van der Waals surface area (Å²) >= 11 is 0. The summed E-state index contributed by atoms with van der Waals surface area (Å²) in [5.41, 5.74) is -0.116. The Balaban J connectivity index is 1.87. The maximum atomic E-state index is 13.8. The van der Waals surface area contributed by atoms with E-state index in [9.17, 15) is 14.4 Å². The van der Waals surface area contributed by atoms with Crippen molar-refractivity contribution in [3.63, 3.8) is 0 Å². The number of para-hydroxylation sites is 2. The molecule has 1 amide bonds. The first-order chi connectivity index (χ1) is 18.1. The molecule has 38 heavy (non-hydrogen) atoms. The quantitative estimate of drug-likeness (QED) is 0.359. The lowest BCUT2D eigenvalue weighted by molar-refractivity contribution is -0.159. The van der Waals surface area contributed by atoms with Crippen molar-refractivity contribution in [3.8, 4) is 17.2 Å². The molecule has 4 rings (SSSR count). The summed E-state index contributed by atoms with van der Waals surface area (Å²) in [5, 5.41) is 3.05. The summed E-state index contributed by atoms with van der Waals surface area (Å²) in [7, 11) is 4.45. The van der Waals surface area contributed by atoms with Gasteiger partial charge in [-0.15, -0.1) is 0 Å². The number of Topliss-reactive ketones (excluding diaryl/α,β-unsaturated/α-hetero) is 1. The van der Waals surface area contributed by atoms with Crippen molar-refractivity contribution in [2.24, 2.45) is 5.92 Å². The Morgan fingerprint density at radius 2 is 1.68 bits per heavy atom. The maximum absolute atomic E-state index is 13.8. The molecule has 11 heteroatoms. The normalized spacial score (nSPS) is 15.0. The number of aromatic nitrogens is 2. The molecule has 0 fully saturated rings. The van der Waals surface area contributed by atoms with Crippen LogP contribution in [0.3, 0.4) is 0 Å². The lowest BCUT2D eigenvalue weighted by Gasteiger charge is -2.33. The third kappa shape index (κ3) is 5.08. The molecule has 11 nitrogen and oxygen atoms in total. The van der Waals surface area contributed by atoms with Gasteiger partial charge in [0.2, 0.25) is 5.95 Å². The molecule has 1 aliphatic heterocycles. The molecule has 0 bridgehead atoms. The molecular weight excluding hydrogens is 492 g/mol. The minimum atomic E-state index is -1.75. The number of hydrogen-bond donors (Lipinski definition) is 1. The smallest absolute Gasteiger partial charge is 0.327 e. The van der Waals surface area contributed by atoms with Crippen molar-refractivity contribution in [2.75, 3.05) is 31.5 Å². The second kappa shape index (κ2) is 10.4. The maximum Gasteiger partial charge on any atom is 0.327 e. The molecule has 198 valence electrons. The van der Waals surface area contributed by atoms with Crippen LogP contribution in [0.2, 0.25) is 0 Å². The Bertz CT molecular complexity index is 1400. The Morgan fingerprint density at radius 3 is 2.34 bits per heavy atom. The number of esters is 1. The summed E-state index contributed by atoms with van der Waals surface area (Å²) in [6.45, 7) is 4.96. The molecule has 2 heterocycles. The molecular formula is C27H28N4O7. The zero-order valence-electron chi connectivity index (χ0n) is 21.9. The average molecular weight is 521 g/mol. The van der Waals surface area contributed by atoms with Gasteiger partial charge >= 0.3 is 5.97 Å². The van der Waals surface area contributed by atoms with Crippen LogP contribution in [0, 0.1) is 5.92 Å². The number of amides is 1. The van der Waals surface area contributed by atoms with Crippen LogP contribution in [0.4, 0.5) is 23.1 Å².